The van der Waals surface area contributed by atoms with E-state index in [9.17, 15) is 4.79 Å². The first kappa shape index (κ1) is 18.3. The highest BCUT2D eigenvalue weighted by atomic mass is 16.5. The molecule has 0 heterocycles. The summed E-state index contributed by atoms with van der Waals surface area (Å²) in [4.78, 5) is 10.7. The van der Waals surface area contributed by atoms with Gasteiger partial charge in [-0.1, -0.05) is 42.5 Å². The molecule has 0 aromatic heterocycles. The summed E-state index contributed by atoms with van der Waals surface area (Å²) in [5, 5.41) is 3.36. The molecule has 0 aliphatic heterocycles. The molecule has 0 saturated heterocycles. The predicted octanol–water partition coefficient (Wildman–Crippen LogP) is 3.74. The number of nitrogens with two attached hydrogens (primary N) is 1. The van der Waals surface area contributed by atoms with Crippen LogP contribution < -0.4 is 20.5 Å². The third kappa shape index (κ3) is 6.08. The zero-order valence-corrected chi connectivity index (χ0v) is 14.9. The van der Waals surface area contributed by atoms with Gasteiger partial charge in [0.15, 0.2) is 6.61 Å². The van der Waals surface area contributed by atoms with Gasteiger partial charge in [-0.25, -0.2) is 0 Å². The van der Waals surface area contributed by atoms with Gasteiger partial charge in [0.05, 0.1) is 0 Å². The van der Waals surface area contributed by atoms with E-state index in [0.29, 0.717) is 18.9 Å². The fourth-order valence-electron chi connectivity index (χ4n) is 2.47. The van der Waals surface area contributed by atoms with Crippen molar-refractivity contribution in [1.82, 2.24) is 0 Å². The van der Waals surface area contributed by atoms with Crippen LogP contribution in [0.15, 0.2) is 78.9 Å². The summed E-state index contributed by atoms with van der Waals surface area (Å²) < 4.78 is 11.0. The van der Waals surface area contributed by atoms with E-state index in [0.717, 1.165) is 22.6 Å². The highest BCUT2D eigenvalue weighted by molar-refractivity contribution is 5.75. The van der Waals surface area contributed by atoms with E-state index in [1.807, 2.05) is 78.9 Å². The molecular formula is C22H22N2O3. The molecule has 0 fully saturated rings. The van der Waals surface area contributed by atoms with Crippen LogP contribution in [0.25, 0.3) is 0 Å². The second kappa shape index (κ2) is 9.29. The summed E-state index contributed by atoms with van der Waals surface area (Å²) in [6.07, 6.45) is 0. The van der Waals surface area contributed by atoms with Crippen LogP contribution in [0, 0.1) is 0 Å². The average molecular weight is 362 g/mol. The van der Waals surface area contributed by atoms with Crippen molar-refractivity contribution in [1.29, 1.82) is 0 Å². The van der Waals surface area contributed by atoms with E-state index in [1.54, 1.807) is 0 Å². The van der Waals surface area contributed by atoms with E-state index in [2.05, 4.69) is 5.32 Å². The first-order valence-electron chi connectivity index (χ1n) is 8.70. The van der Waals surface area contributed by atoms with Crippen LogP contribution in [0.4, 0.5) is 5.69 Å². The van der Waals surface area contributed by atoms with Gasteiger partial charge in [-0.3, -0.25) is 4.79 Å². The maximum Gasteiger partial charge on any atom is 0.255 e. The van der Waals surface area contributed by atoms with Gasteiger partial charge in [-0.2, -0.15) is 0 Å². The number of primary amides is 1. The largest absolute Gasteiger partial charge is 0.489 e. The molecule has 0 atom stereocenters. The van der Waals surface area contributed by atoms with Gasteiger partial charge in [0.25, 0.3) is 5.91 Å². The van der Waals surface area contributed by atoms with Crippen LogP contribution >= 0.6 is 0 Å². The molecule has 3 aromatic rings. The van der Waals surface area contributed by atoms with Gasteiger partial charge in [0.1, 0.15) is 18.1 Å². The van der Waals surface area contributed by atoms with E-state index >= 15 is 0 Å². The lowest BCUT2D eigenvalue weighted by Gasteiger charge is -2.10. The molecule has 138 valence electrons. The van der Waals surface area contributed by atoms with Crippen LogP contribution in [-0.2, 0) is 17.9 Å². The Kier molecular flexibility index (Phi) is 6.30. The minimum Gasteiger partial charge on any atom is -0.489 e. The summed E-state index contributed by atoms with van der Waals surface area (Å²) >= 11 is 0. The standard InChI is InChI=1S/C22H22N2O3/c23-22(25)16-27-20-10-6-17(7-11-20)14-24-19-8-12-21(13-9-19)26-15-18-4-2-1-3-5-18/h1-13,24H,14-16H2,(H2,23,25). The SMILES string of the molecule is NC(=O)COc1ccc(CNc2ccc(OCc3ccccc3)cc2)cc1. The Morgan fingerprint density at radius 1 is 0.778 bits per heavy atom. The molecule has 3 rings (SSSR count). The molecule has 0 spiro atoms. The summed E-state index contributed by atoms with van der Waals surface area (Å²) in [6, 6.07) is 25.5. The highest BCUT2D eigenvalue weighted by Gasteiger charge is 2.00. The molecule has 0 bridgehead atoms. The normalized spacial score (nSPS) is 10.2. The Hall–Kier alpha value is -3.47. The Labute approximate surface area is 158 Å². The molecule has 0 aliphatic rings. The first-order valence-corrected chi connectivity index (χ1v) is 8.70. The van der Waals surface area contributed by atoms with Gasteiger partial charge >= 0.3 is 0 Å². The summed E-state index contributed by atoms with van der Waals surface area (Å²) in [5.74, 6) is 0.967. The quantitative estimate of drug-likeness (QED) is 0.608. The Morgan fingerprint density at radius 3 is 2.07 bits per heavy atom. The van der Waals surface area contributed by atoms with Gasteiger partial charge in [-0.15, -0.1) is 0 Å². The van der Waals surface area contributed by atoms with Crippen molar-refractivity contribution in [2.75, 3.05) is 11.9 Å². The number of carbonyl (C=O) groups is 1. The van der Waals surface area contributed by atoms with Crippen LogP contribution in [0.1, 0.15) is 11.1 Å². The number of amides is 1. The number of carbonyl (C=O) groups excluding carboxylic acids is 1. The maximum atomic E-state index is 10.7. The lowest BCUT2D eigenvalue weighted by Crippen LogP contribution is -2.19. The van der Waals surface area contributed by atoms with Gasteiger partial charge in [0, 0.05) is 12.2 Å². The van der Waals surface area contributed by atoms with Crippen molar-refractivity contribution in [3.63, 3.8) is 0 Å². The Balaban J connectivity index is 1.46. The molecule has 0 aliphatic carbocycles. The molecule has 5 nitrogen and oxygen atoms in total. The number of ether oxygens (including phenoxy) is 2. The fourth-order valence-corrected chi connectivity index (χ4v) is 2.47. The van der Waals surface area contributed by atoms with Crippen molar-refractivity contribution in [3.8, 4) is 11.5 Å². The van der Waals surface area contributed by atoms with Crippen molar-refractivity contribution in [2.24, 2.45) is 5.73 Å². The average Bonchev–Trinajstić information content (AvgIpc) is 2.71. The number of hydrogen-bond donors (Lipinski definition) is 2. The van der Waals surface area contributed by atoms with E-state index < -0.39 is 5.91 Å². The topological polar surface area (TPSA) is 73.6 Å². The summed E-state index contributed by atoms with van der Waals surface area (Å²) in [6.45, 7) is 1.12. The fraction of sp³-hybridized carbons (Fsp3) is 0.136. The maximum absolute atomic E-state index is 10.7. The zero-order chi connectivity index (χ0) is 18.9. The lowest BCUT2D eigenvalue weighted by atomic mass is 10.2. The molecule has 3 aromatic carbocycles. The van der Waals surface area contributed by atoms with Crippen molar-refractivity contribution in [3.05, 3.63) is 90.0 Å². The third-order valence-corrected chi connectivity index (χ3v) is 3.90. The van der Waals surface area contributed by atoms with E-state index in [4.69, 9.17) is 15.2 Å². The molecule has 3 N–H and O–H groups in total. The number of benzene rings is 3. The smallest absolute Gasteiger partial charge is 0.255 e. The zero-order valence-electron chi connectivity index (χ0n) is 14.9. The first-order chi connectivity index (χ1) is 13.2. The van der Waals surface area contributed by atoms with E-state index in [-0.39, 0.29) is 6.61 Å². The summed E-state index contributed by atoms with van der Waals surface area (Å²) in [7, 11) is 0. The molecule has 27 heavy (non-hydrogen) atoms. The highest BCUT2D eigenvalue weighted by Crippen LogP contribution is 2.18. The predicted molar refractivity (Wildman–Crippen MR) is 106 cm³/mol. The molecule has 1 amide bonds. The number of hydrogen-bond acceptors (Lipinski definition) is 4. The minimum absolute atomic E-state index is 0.115. The van der Waals surface area contributed by atoms with Crippen molar-refractivity contribution >= 4 is 11.6 Å². The second-order valence-electron chi connectivity index (χ2n) is 6.05. The van der Waals surface area contributed by atoms with E-state index in [1.165, 1.54) is 0 Å². The van der Waals surface area contributed by atoms with Gasteiger partial charge in [0.2, 0.25) is 0 Å². The number of nitrogens with one attached hydrogen (secondary N) is 1. The molecule has 0 radical (unpaired) electrons. The summed E-state index contributed by atoms with van der Waals surface area (Å²) in [5.41, 5.74) is 8.31. The molecule has 5 heteroatoms. The van der Waals surface area contributed by atoms with Crippen LogP contribution in [0.3, 0.4) is 0 Å². The number of rotatable bonds is 9. The van der Waals surface area contributed by atoms with Crippen LogP contribution in [0.5, 0.6) is 11.5 Å². The van der Waals surface area contributed by atoms with Crippen molar-refractivity contribution in [2.45, 2.75) is 13.2 Å². The van der Waals surface area contributed by atoms with Gasteiger partial charge in [-0.05, 0) is 47.5 Å². The van der Waals surface area contributed by atoms with Crippen LogP contribution in [0.2, 0.25) is 0 Å². The van der Waals surface area contributed by atoms with Gasteiger partial charge < -0.3 is 20.5 Å². The Morgan fingerprint density at radius 2 is 1.41 bits per heavy atom. The minimum atomic E-state index is -0.489. The number of anilines is 1. The molecule has 0 unspecified atom stereocenters. The second-order valence-corrected chi connectivity index (χ2v) is 6.05. The molecule has 0 saturated carbocycles. The van der Waals surface area contributed by atoms with Crippen LogP contribution in [-0.4, -0.2) is 12.5 Å². The molecular weight excluding hydrogens is 340 g/mol. The monoisotopic (exact) mass is 362 g/mol. The lowest BCUT2D eigenvalue weighted by molar-refractivity contribution is -0.119. The Bertz CT molecular complexity index is 847. The third-order valence-electron chi connectivity index (χ3n) is 3.90. The van der Waals surface area contributed by atoms with Crippen molar-refractivity contribution < 1.29 is 14.3 Å².